The zero-order chi connectivity index (χ0) is 16.3. The van der Waals surface area contributed by atoms with E-state index in [1.807, 2.05) is 6.92 Å². The Bertz CT molecular complexity index is 571. The normalized spacial score (nSPS) is 21.0. The van der Waals surface area contributed by atoms with Crippen LogP contribution in [0.3, 0.4) is 0 Å². The molecular weight excluding hydrogens is 304 g/mol. The molecule has 1 aromatic carbocycles. The van der Waals surface area contributed by atoms with Crippen LogP contribution in [0, 0.1) is 6.92 Å². The summed E-state index contributed by atoms with van der Waals surface area (Å²) >= 11 is 6.05. The van der Waals surface area contributed by atoms with Crippen LogP contribution in [0.25, 0.3) is 0 Å². The number of methoxy groups -OCH3 is 1. The summed E-state index contributed by atoms with van der Waals surface area (Å²) in [6.45, 7) is 2.59. The number of nitrogens with one attached hydrogen (secondary N) is 1. The lowest BCUT2D eigenvalue weighted by Crippen LogP contribution is -2.59. The van der Waals surface area contributed by atoms with Crippen molar-refractivity contribution in [1.82, 2.24) is 10.2 Å². The highest BCUT2D eigenvalue weighted by Gasteiger charge is 2.49. The third-order valence-electron chi connectivity index (χ3n) is 4.06. The van der Waals surface area contributed by atoms with Gasteiger partial charge in [-0.3, -0.25) is 9.59 Å². The molecule has 22 heavy (non-hydrogen) atoms. The van der Waals surface area contributed by atoms with E-state index in [2.05, 4.69) is 5.32 Å². The Hall–Kier alpha value is -1.59. The molecule has 1 atom stereocenters. The number of halogens is 1. The Balaban J connectivity index is 2.39. The van der Waals surface area contributed by atoms with E-state index >= 15 is 0 Å². The minimum atomic E-state index is -0.948. The van der Waals surface area contributed by atoms with Crippen molar-refractivity contribution in [2.45, 2.75) is 25.3 Å². The van der Waals surface area contributed by atoms with Gasteiger partial charge in [0.15, 0.2) is 0 Å². The largest absolute Gasteiger partial charge is 0.382 e. The summed E-state index contributed by atoms with van der Waals surface area (Å²) in [5.74, 6) is -0.386. The lowest BCUT2D eigenvalue weighted by atomic mass is 9.95. The number of rotatable bonds is 4. The van der Waals surface area contributed by atoms with E-state index in [0.29, 0.717) is 23.6 Å². The first-order chi connectivity index (χ1) is 10.4. The second-order valence-corrected chi connectivity index (χ2v) is 6.06. The summed E-state index contributed by atoms with van der Waals surface area (Å²) in [7, 11) is 3.11. The quantitative estimate of drug-likeness (QED) is 0.921. The number of carbonyl (C=O) groups is 2. The molecule has 1 saturated heterocycles. The zero-order valence-electron chi connectivity index (χ0n) is 13.1. The number of benzene rings is 1. The van der Waals surface area contributed by atoms with E-state index < -0.39 is 5.54 Å². The van der Waals surface area contributed by atoms with Crippen molar-refractivity contribution >= 4 is 23.4 Å². The van der Waals surface area contributed by atoms with Crippen LogP contribution < -0.4 is 5.32 Å². The van der Waals surface area contributed by atoms with E-state index in [4.69, 9.17) is 16.3 Å². The average molecular weight is 325 g/mol. The Labute approximate surface area is 135 Å². The molecule has 0 saturated carbocycles. The molecule has 0 radical (unpaired) electrons. The van der Waals surface area contributed by atoms with Crippen LogP contribution in [0.2, 0.25) is 5.02 Å². The number of nitrogens with zero attached hydrogens (tertiary/aromatic N) is 1. The van der Waals surface area contributed by atoms with Gasteiger partial charge in [0.25, 0.3) is 5.91 Å². The first-order valence-electron chi connectivity index (χ1n) is 7.25. The molecule has 2 rings (SSSR count). The monoisotopic (exact) mass is 324 g/mol. The molecule has 1 heterocycles. The van der Waals surface area contributed by atoms with Crippen molar-refractivity contribution in [3.8, 4) is 0 Å². The van der Waals surface area contributed by atoms with Gasteiger partial charge < -0.3 is 15.0 Å². The molecule has 1 aromatic rings. The van der Waals surface area contributed by atoms with Crippen LogP contribution in [0.15, 0.2) is 18.2 Å². The molecule has 1 aliphatic heterocycles. The Kier molecular flexibility index (Phi) is 5.08. The third-order valence-corrected chi connectivity index (χ3v) is 4.27. The van der Waals surface area contributed by atoms with Gasteiger partial charge in [-0.2, -0.15) is 0 Å². The molecule has 6 heteroatoms. The highest BCUT2D eigenvalue weighted by molar-refractivity contribution is 6.31. The van der Waals surface area contributed by atoms with E-state index in [0.717, 1.165) is 12.0 Å². The van der Waals surface area contributed by atoms with Gasteiger partial charge >= 0.3 is 0 Å². The van der Waals surface area contributed by atoms with Gasteiger partial charge in [0, 0.05) is 31.3 Å². The number of amides is 2. The first kappa shape index (κ1) is 16.8. The fourth-order valence-corrected chi connectivity index (χ4v) is 3.40. The van der Waals surface area contributed by atoms with Gasteiger partial charge in [0.05, 0.1) is 6.61 Å². The first-order valence-corrected chi connectivity index (χ1v) is 7.62. The molecule has 1 fully saturated rings. The van der Waals surface area contributed by atoms with Crippen LogP contribution in [-0.2, 0) is 9.53 Å². The zero-order valence-corrected chi connectivity index (χ0v) is 13.9. The molecule has 120 valence electrons. The number of hydrogen-bond acceptors (Lipinski definition) is 3. The van der Waals surface area contributed by atoms with Gasteiger partial charge in [-0.15, -0.1) is 0 Å². The van der Waals surface area contributed by atoms with E-state index in [-0.39, 0.29) is 18.4 Å². The van der Waals surface area contributed by atoms with Gasteiger partial charge in [0.2, 0.25) is 5.91 Å². The maximum atomic E-state index is 12.9. The molecular formula is C16H21ClN2O3. The smallest absolute Gasteiger partial charge is 0.254 e. The standard InChI is InChI=1S/C16H21ClN2O3/c1-11-7-12(9-13(17)8-11)14(20)19-6-4-5-16(19,10-22-3)15(21)18-2/h7-9H,4-6,10H2,1-3H3,(H,18,21). The molecule has 1 aliphatic rings. The summed E-state index contributed by atoms with van der Waals surface area (Å²) < 4.78 is 5.24. The van der Waals surface area contributed by atoms with Gasteiger partial charge in [0.1, 0.15) is 5.54 Å². The SMILES string of the molecule is CNC(=O)C1(COC)CCCN1C(=O)c1cc(C)cc(Cl)c1. The van der Waals surface area contributed by atoms with Gasteiger partial charge in [-0.25, -0.2) is 0 Å². The molecule has 0 bridgehead atoms. The van der Waals surface area contributed by atoms with E-state index in [1.165, 1.54) is 7.11 Å². The number of hydrogen-bond donors (Lipinski definition) is 1. The third kappa shape index (κ3) is 2.96. The maximum Gasteiger partial charge on any atom is 0.254 e. The highest BCUT2D eigenvalue weighted by Crippen LogP contribution is 2.32. The van der Waals surface area contributed by atoms with Crippen molar-refractivity contribution in [2.24, 2.45) is 0 Å². The topological polar surface area (TPSA) is 58.6 Å². The Morgan fingerprint density at radius 1 is 1.41 bits per heavy atom. The summed E-state index contributed by atoms with van der Waals surface area (Å²) in [5.41, 5.74) is 0.459. The van der Waals surface area contributed by atoms with Crippen LogP contribution >= 0.6 is 11.6 Å². The van der Waals surface area contributed by atoms with Crippen LogP contribution in [0.1, 0.15) is 28.8 Å². The number of likely N-dealkylation sites (N-methyl/N-ethyl adjacent to an activating group) is 1. The van der Waals surface area contributed by atoms with Crippen LogP contribution in [0.4, 0.5) is 0 Å². The predicted octanol–water partition coefficient (Wildman–Crippen LogP) is 2.02. The molecule has 2 amide bonds. The van der Waals surface area contributed by atoms with Crippen molar-refractivity contribution < 1.29 is 14.3 Å². The maximum absolute atomic E-state index is 12.9. The summed E-state index contributed by atoms with van der Waals surface area (Å²) in [6.07, 6.45) is 1.36. The van der Waals surface area contributed by atoms with Crippen molar-refractivity contribution in [1.29, 1.82) is 0 Å². The lowest BCUT2D eigenvalue weighted by Gasteiger charge is -2.36. The van der Waals surface area contributed by atoms with E-state index in [1.54, 1.807) is 30.1 Å². The minimum Gasteiger partial charge on any atom is -0.382 e. The fourth-order valence-electron chi connectivity index (χ4n) is 3.11. The molecule has 0 aromatic heterocycles. The number of carbonyl (C=O) groups excluding carboxylic acids is 2. The molecule has 0 spiro atoms. The summed E-state index contributed by atoms with van der Waals surface area (Å²) in [4.78, 5) is 26.9. The summed E-state index contributed by atoms with van der Waals surface area (Å²) in [5, 5.41) is 3.17. The molecule has 5 nitrogen and oxygen atoms in total. The second kappa shape index (κ2) is 6.67. The number of likely N-dealkylation sites (tertiary alicyclic amines) is 1. The molecule has 0 aliphatic carbocycles. The number of ether oxygens (including phenoxy) is 1. The van der Waals surface area contributed by atoms with E-state index in [9.17, 15) is 9.59 Å². The lowest BCUT2D eigenvalue weighted by molar-refractivity contribution is -0.133. The predicted molar refractivity (Wildman–Crippen MR) is 85.1 cm³/mol. The summed E-state index contributed by atoms with van der Waals surface area (Å²) in [6, 6.07) is 5.22. The van der Waals surface area contributed by atoms with Crippen molar-refractivity contribution in [2.75, 3.05) is 27.3 Å². The minimum absolute atomic E-state index is 0.179. The average Bonchev–Trinajstić information content (AvgIpc) is 2.89. The second-order valence-electron chi connectivity index (χ2n) is 5.62. The van der Waals surface area contributed by atoms with Crippen LogP contribution in [-0.4, -0.2) is 49.6 Å². The van der Waals surface area contributed by atoms with Gasteiger partial charge in [-0.1, -0.05) is 11.6 Å². The van der Waals surface area contributed by atoms with Crippen molar-refractivity contribution in [3.05, 3.63) is 34.3 Å². The Morgan fingerprint density at radius 3 is 2.73 bits per heavy atom. The number of aryl methyl sites for hydroxylation is 1. The Morgan fingerprint density at radius 2 is 2.14 bits per heavy atom. The van der Waals surface area contributed by atoms with Crippen LogP contribution in [0.5, 0.6) is 0 Å². The van der Waals surface area contributed by atoms with Gasteiger partial charge in [-0.05, 0) is 43.5 Å². The highest BCUT2D eigenvalue weighted by atomic mass is 35.5. The fraction of sp³-hybridized carbons (Fsp3) is 0.500. The van der Waals surface area contributed by atoms with Crippen molar-refractivity contribution in [3.63, 3.8) is 0 Å². The molecule has 1 N–H and O–H groups in total. The molecule has 1 unspecified atom stereocenters.